The second kappa shape index (κ2) is 7.20. The number of carbonyl (C=O) groups is 1. The number of rotatable bonds is 2. The number of Topliss-reactive ketones (excluding diaryl/α,β-unsaturated/α-hetero) is 1. The van der Waals surface area contributed by atoms with Crippen LogP contribution in [0.3, 0.4) is 0 Å². The molecule has 4 aliphatic rings. The first-order chi connectivity index (χ1) is 12.1. The largest absolute Gasteiger partial charge is 0.298 e. The predicted molar refractivity (Wildman–Crippen MR) is 107 cm³/mol. The maximum atomic E-state index is 12.5. The molecule has 0 aromatic carbocycles. The van der Waals surface area contributed by atoms with Gasteiger partial charge in [-0.15, -0.1) is 0 Å². The fraction of sp³-hybridized carbons (Fsp3) is 0.864. The van der Waals surface area contributed by atoms with E-state index in [4.69, 9.17) is 11.6 Å². The Morgan fingerprint density at radius 3 is 2.64 bits per heavy atom. The summed E-state index contributed by atoms with van der Waals surface area (Å²) in [5.41, 5.74) is 0.278. The molecule has 0 heterocycles. The zero-order chi connectivity index (χ0) is 17.6. The summed E-state index contributed by atoms with van der Waals surface area (Å²) in [6, 6.07) is 0. The highest BCUT2D eigenvalue weighted by Crippen LogP contribution is 2.64. The number of hydrogen-bond donors (Lipinski definition) is 0. The van der Waals surface area contributed by atoms with Gasteiger partial charge >= 0.3 is 0 Å². The Kier molecular flexibility index (Phi) is 5.29. The van der Waals surface area contributed by atoms with E-state index in [0.717, 1.165) is 36.0 Å². The van der Waals surface area contributed by atoms with Gasteiger partial charge in [-0.1, -0.05) is 28.8 Å². The smallest absolute Gasteiger partial charge is 0.147 e. The van der Waals surface area contributed by atoms with E-state index in [1.165, 1.54) is 51.4 Å². The number of hydrogen-bond acceptors (Lipinski definition) is 1. The Labute approximate surface area is 166 Å². The Morgan fingerprint density at radius 1 is 1.08 bits per heavy atom. The standard InChI is InChI=1S/C22H30BrClO/c1-22-10-8-17-16-4-2-14(9-11-24)12-15(16)3-5-18(17)19(22)6-7-20(22)21(25)13-23/h14-20H,2-8,10,12-13H2,1H3. The van der Waals surface area contributed by atoms with Crippen molar-refractivity contribution in [3.8, 4) is 11.3 Å². The van der Waals surface area contributed by atoms with Gasteiger partial charge in [0.25, 0.3) is 0 Å². The summed E-state index contributed by atoms with van der Waals surface area (Å²) >= 11 is 9.08. The van der Waals surface area contributed by atoms with Crippen molar-refractivity contribution < 1.29 is 4.79 Å². The first-order valence-corrected chi connectivity index (χ1v) is 11.8. The van der Waals surface area contributed by atoms with Crippen molar-refractivity contribution in [2.24, 2.45) is 46.8 Å². The molecule has 0 aliphatic heterocycles. The van der Waals surface area contributed by atoms with Crippen LogP contribution in [-0.2, 0) is 4.79 Å². The van der Waals surface area contributed by atoms with E-state index >= 15 is 0 Å². The van der Waals surface area contributed by atoms with Gasteiger partial charge < -0.3 is 0 Å². The van der Waals surface area contributed by atoms with E-state index < -0.39 is 0 Å². The normalized spacial score (nSPS) is 48.5. The van der Waals surface area contributed by atoms with Crippen molar-refractivity contribution in [3.05, 3.63) is 0 Å². The summed E-state index contributed by atoms with van der Waals surface area (Å²) < 4.78 is 0. The molecule has 25 heavy (non-hydrogen) atoms. The van der Waals surface area contributed by atoms with Gasteiger partial charge in [-0.3, -0.25) is 4.79 Å². The number of ketones is 1. The molecule has 4 aliphatic carbocycles. The lowest BCUT2D eigenvalue weighted by Gasteiger charge is -2.56. The third-order valence-corrected chi connectivity index (χ3v) is 9.40. The molecule has 0 N–H and O–H groups in total. The Hall–Kier alpha value is -0.0000000000000000555. The molecule has 4 rings (SSSR count). The highest BCUT2D eigenvalue weighted by atomic mass is 79.9. The Bertz CT molecular complexity index is 593. The van der Waals surface area contributed by atoms with E-state index in [0.29, 0.717) is 22.9 Å². The van der Waals surface area contributed by atoms with Crippen molar-refractivity contribution in [1.82, 2.24) is 0 Å². The molecule has 8 unspecified atom stereocenters. The molecule has 0 aromatic heterocycles. The topological polar surface area (TPSA) is 17.1 Å². The van der Waals surface area contributed by atoms with Gasteiger partial charge in [0.1, 0.15) is 5.78 Å². The SMILES string of the molecule is CC12CCC3C4CCC(C#CCl)CC4CCC3C1CCC2C(=O)CBr. The molecule has 0 amide bonds. The first kappa shape index (κ1) is 18.4. The molecule has 4 saturated carbocycles. The zero-order valence-electron chi connectivity index (χ0n) is 15.3. The minimum Gasteiger partial charge on any atom is -0.298 e. The molecule has 1 nitrogen and oxygen atoms in total. The molecule has 0 radical (unpaired) electrons. The molecular formula is C22H30BrClO. The second-order valence-corrected chi connectivity index (χ2v) is 10.2. The molecule has 8 atom stereocenters. The summed E-state index contributed by atoms with van der Waals surface area (Å²) in [4.78, 5) is 12.5. The van der Waals surface area contributed by atoms with Crippen LogP contribution < -0.4 is 0 Å². The first-order valence-electron chi connectivity index (χ1n) is 10.3. The Morgan fingerprint density at radius 2 is 1.88 bits per heavy atom. The van der Waals surface area contributed by atoms with Crippen LogP contribution in [0.4, 0.5) is 0 Å². The van der Waals surface area contributed by atoms with Gasteiger partial charge in [0.2, 0.25) is 0 Å². The molecule has 0 bridgehead atoms. The summed E-state index contributed by atoms with van der Waals surface area (Å²) in [5.74, 6) is 8.92. The van der Waals surface area contributed by atoms with Crippen LogP contribution in [0.15, 0.2) is 0 Å². The van der Waals surface area contributed by atoms with E-state index in [2.05, 4.69) is 34.2 Å². The maximum absolute atomic E-state index is 12.5. The van der Waals surface area contributed by atoms with Gasteiger partial charge in [-0.25, -0.2) is 0 Å². The molecule has 0 saturated heterocycles. The number of alkyl halides is 1. The lowest BCUT2D eigenvalue weighted by Crippen LogP contribution is -2.49. The fourth-order valence-electron chi connectivity index (χ4n) is 7.68. The average Bonchev–Trinajstić information content (AvgIpc) is 2.98. The van der Waals surface area contributed by atoms with E-state index in [9.17, 15) is 4.79 Å². The number of fused-ring (bicyclic) bond motifs is 5. The predicted octanol–water partition coefficient (Wildman–Crippen LogP) is 6.04. The quantitative estimate of drug-likeness (QED) is 0.389. The lowest BCUT2D eigenvalue weighted by atomic mass is 9.49. The van der Waals surface area contributed by atoms with Crippen LogP contribution in [0.5, 0.6) is 0 Å². The van der Waals surface area contributed by atoms with Crippen molar-refractivity contribution in [2.75, 3.05) is 5.33 Å². The summed E-state index contributed by atoms with van der Waals surface area (Å²) in [5, 5.41) is 3.18. The van der Waals surface area contributed by atoms with Crippen molar-refractivity contribution >= 4 is 33.3 Å². The van der Waals surface area contributed by atoms with Gasteiger partial charge in [-0.2, -0.15) is 0 Å². The van der Waals surface area contributed by atoms with Crippen LogP contribution >= 0.6 is 27.5 Å². The third-order valence-electron chi connectivity index (χ3n) is 8.73. The van der Waals surface area contributed by atoms with Crippen LogP contribution in [0.25, 0.3) is 0 Å². The molecule has 0 aromatic rings. The van der Waals surface area contributed by atoms with Crippen molar-refractivity contribution in [2.45, 2.75) is 64.7 Å². The average molecular weight is 426 g/mol. The highest BCUT2D eigenvalue weighted by Gasteiger charge is 2.58. The van der Waals surface area contributed by atoms with Crippen LogP contribution in [-0.4, -0.2) is 11.1 Å². The number of carbonyl (C=O) groups excluding carboxylic acids is 1. The van der Waals surface area contributed by atoms with Crippen LogP contribution in [0, 0.1) is 58.1 Å². The monoisotopic (exact) mass is 424 g/mol. The Balaban J connectivity index is 1.51. The van der Waals surface area contributed by atoms with Crippen molar-refractivity contribution in [1.29, 1.82) is 0 Å². The summed E-state index contributed by atoms with van der Waals surface area (Å²) in [6.45, 7) is 2.45. The van der Waals surface area contributed by atoms with E-state index in [1.54, 1.807) is 0 Å². The van der Waals surface area contributed by atoms with Crippen LogP contribution in [0.2, 0.25) is 0 Å². The maximum Gasteiger partial charge on any atom is 0.147 e. The number of halogens is 2. The fourth-order valence-corrected chi connectivity index (χ4v) is 8.23. The summed E-state index contributed by atoms with van der Waals surface area (Å²) in [7, 11) is 0. The third kappa shape index (κ3) is 3.02. The molecule has 4 fully saturated rings. The van der Waals surface area contributed by atoms with Gasteiger partial charge in [0.05, 0.1) is 5.33 Å². The van der Waals surface area contributed by atoms with Crippen LogP contribution in [0.1, 0.15) is 64.7 Å². The highest BCUT2D eigenvalue weighted by molar-refractivity contribution is 9.09. The molecule has 0 spiro atoms. The molecular weight excluding hydrogens is 396 g/mol. The minimum absolute atomic E-state index is 0.278. The second-order valence-electron chi connectivity index (χ2n) is 9.46. The lowest BCUT2D eigenvalue weighted by molar-refractivity contribution is -0.127. The van der Waals surface area contributed by atoms with Gasteiger partial charge in [0, 0.05) is 17.2 Å². The van der Waals surface area contributed by atoms with Gasteiger partial charge in [-0.05, 0) is 104 Å². The van der Waals surface area contributed by atoms with E-state index in [1.807, 2.05) is 0 Å². The van der Waals surface area contributed by atoms with Gasteiger partial charge in [0.15, 0.2) is 0 Å². The molecule has 3 heteroatoms. The minimum atomic E-state index is 0.278. The van der Waals surface area contributed by atoms with E-state index in [-0.39, 0.29) is 5.41 Å². The molecule has 138 valence electrons. The van der Waals surface area contributed by atoms with Crippen molar-refractivity contribution in [3.63, 3.8) is 0 Å². The summed E-state index contributed by atoms with van der Waals surface area (Å²) in [6.07, 6.45) is 11.7. The zero-order valence-corrected chi connectivity index (χ0v) is 17.6.